The van der Waals surface area contributed by atoms with Crippen LogP contribution < -0.4 is 10.2 Å². The molecule has 0 bridgehead atoms. The molecule has 1 aliphatic rings. The summed E-state index contributed by atoms with van der Waals surface area (Å²) >= 11 is 0. The SMILES string of the molecule is CCNC(=O)N(Cc1c(-c2ccc(F)cc2)noc1N1CCN(C)CC1)CC(C)C. The van der Waals surface area contributed by atoms with Crippen molar-refractivity contribution in [3.63, 3.8) is 0 Å². The lowest BCUT2D eigenvalue weighted by Crippen LogP contribution is -2.45. The average Bonchev–Trinajstić information content (AvgIpc) is 3.12. The van der Waals surface area contributed by atoms with Crippen molar-refractivity contribution in [3.05, 3.63) is 35.6 Å². The Balaban J connectivity index is 1.98. The Labute approximate surface area is 177 Å². The molecule has 0 spiro atoms. The number of rotatable bonds is 7. The summed E-state index contributed by atoms with van der Waals surface area (Å²) in [7, 11) is 2.10. The lowest BCUT2D eigenvalue weighted by Gasteiger charge is -2.33. The maximum Gasteiger partial charge on any atom is 0.317 e. The normalized spacial score (nSPS) is 14.9. The molecule has 2 amide bonds. The summed E-state index contributed by atoms with van der Waals surface area (Å²) in [5.74, 6) is 0.709. The molecule has 0 atom stereocenters. The van der Waals surface area contributed by atoms with Crippen LogP contribution in [0, 0.1) is 11.7 Å². The molecule has 0 radical (unpaired) electrons. The number of halogens is 1. The second kappa shape index (κ2) is 9.93. The molecule has 2 heterocycles. The zero-order valence-corrected chi connectivity index (χ0v) is 18.3. The van der Waals surface area contributed by atoms with Gasteiger partial charge in [-0.3, -0.25) is 0 Å². The first-order chi connectivity index (χ1) is 14.4. The number of hydrogen-bond donors (Lipinski definition) is 1. The number of nitrogens with zero attached hydrogens (tertiary/aromatic N) is 4. The van der Waals surface area contributed by atoms with E-state index < -0.39 is 0 Å². The molecule has 1 aliphatic heterocycles. The van der Waals surface area contributed by atoms with Crippen LogP contribution in [-0.2, 0) is 6.54 Å². The minimum atomic E-state index is -0.299. The van der Waals surface area contributed by atoms with E-state index in [9.17, 15) is 9.18 Å². The number of piperazine rings is 1. The summed E-state index contributed by atoms with van der Waals surface area (Å²) in [4.78, 5) is 19.0. The van der Waals surface area contributed by atoms with Crippen molar-refractivity contribution in [1.82, 2.24) is 20.3 Å². The number of nitrogens with one attached hydrogen (secondary N) is 1. The van der Waals surface area contributed by atoms with Crippen LogP contribution in [0.25, 0.3) is 11.3 Å². The van der Waals surface area contributed by atoms with Crippen molar-refractivity contribution in [2.75, 3.05) is 51.2 Å². The molecule has 1 saturated heterocycles. The average molecular weight is 418 g/mol. The third kappa shape index (κ3) is 5.30. The van der Waals surface area contributed by atoms with E-state index in [0.717, 1.165) is 37.3 Å². The third-order valence-electron chi connectivity index (χ3n) is 5.23. The van der Waals surface area contributed by atoms with E-state index in [0.29, 0.717) is 37.1 Å². The van der Waals surface area contributed by atoms with Gasteiger partial charge in [0.15, 0.2) is 0 Å². The molecule has 0 saturated carbocycles. The predicted molar refractivity (Wildman–Crippen MR) is 116 cm³/mol. The van der Waals surface area contributed by atoms with Gasteiger partial charge in [-0.15, -0.1) is 0 Å². The van der Waals surface area contributed by atoms with Crippen molar-refractivity contribution in [2.24, 2.45) is 5.92 Å². The Kier molecular flexibility index (Phi) is 7.31. The topological polar surface area (TPSA) is 64.9 Å². The van der Waals surface area contributed by atoms with Gasteiger partial charge >= 0.3 is 6.03 Å². The highest BCUT2D eigenvalue weighted by molar-refractivity contribution is 5.75. The standard InChI is InChI=1S/C22H32FN5O2/c1-5-24-22(29)28(14-16(2)3)15-19-20(17-6-8-18(23)9-7-17)25-30-21(19)27-12-10-26(4)11-13-27/h6-9,16H,5,10-15H2,1-4H3,(H,24,29). The molecule has 164 valence electrons. The summed E-state index contributed by atoms with van der Waals surface area (Å²) < 4.78 is 19.3. The number of carbonyl (C=O) groups is 1. The van der Waals surface area contributed by atoms with E-state index in [1.165, 1.54) is 12.1 Å². The Morgan fingerprint density at radius 3 is 2.50 bits per heavy atom. The van der Waals surface area contributed by atoms with Crippen LogP contribution in [0.1, 0.15) is 26.3 Å². The first-order valence-corrected chi connectivity index (χ1v) is 10.6. The van der Waals surface area contributed by atoms with Gasteiger partial charge in [0, 0.05) is 44.8 Å². The van der Waals surface area contributed by atoms with Crippen LogP contribution in [0.3, 0.4) is 0 Å². The molecular formula is C22H32FN5O2. The minimum Gasteiger partial charge on any atom is -0.338 e. The van der Waals surface area contributed by atoms with Gasteiger partial charge in [0.25, 0.3) is 0 Å². The summed E-state index contributed by atoms with van der Waals surface area (Å²) in [6, 6.07) is 6.12. The van der Waals surface area contributed by atoms with E-state index in [-0.39, 0.29) is 11.8 Å². The zero-order valence-electron chi connectivity index (χ0n) is 18.3. The molecule has 1 aromatic carbocycles. The largest absolute Gasteiger partial charge is 0.338 e. The Bertz CT molecular complexity index is 829. The summed E-state index contributed by atoms with van der Waals surface area (Å²) in [5.41, 5.74) is 2.29. The number of carbonyl (C=O) groups excluding carboxylic acids is 1. The van der Waals surface area contributed by atoms with E-state index in [1.54, 1.807) is 17.0 Å². The van der Waals surface area contributed by atoms with Crippen LogP contribution in [0.15, 0.2) is 28.8 Å². The molecule has 2 aromatic rings. The second-order valence-electron chi connectivity index (χ2n) is 8.22. The van der Waals surface area contributed by atoms with Crippen LogP contribution in [0.4, 0.5) is 15.1 Å². The smallest absolute Gasteiger partial charge is 0.317 e. The third-order valence-corrected chi connectivity index (χ3v) is 5.23. The highest BCUT2D eigenvalue weighted by atomic mass is 19.1. The fourth-order valence-corrected chi connectivity index (χ4v) is 3.65. The van der Waals surface area contributed by atoms with Gasteiger partial charge in [0.05, 0.1) is 12.1 Å². The van der Waals surface area contributed by atoms with Gasteiger partial charge in [-0.2, -0.15) is 0 Å². The van der Waals surface area contributed by atoms with Crippen molar-refractivity contribution in [2.45, 2.75) is 27.3 Å². The van der Waals surface area contributed by atoms with Crippen molar-refractivity contribution < 1.29 is 13.7 Å². The van der Waals surface area contributed by atoms with E-state index >= 15 is 0 Å². The molecule has 1 aromatic heterocycles. The summed E-state index contributed by atoms with van der Waals surface area (Å²) in [6.07, 6.45) is 0. The fourth-order valence-electron chi connectivity index (χ4n) is 3.65. The Morgan fingerprint density at radius 2 is 1.90 bits per heavy atom. The van der Waals surface area contributed by atoms with Crippen LogP contribution >= 0.6 is 0 Å². The molecule has 30 heavy (non-hydrogen) atoms. The predicted octanol–water partition coefficient (Wildman–Crippen LogP) is 3.42. The van der Waals surface area contributed by atoms with Crippen molar-refractivity contribution >= 4 is 11.9 Å². The molecule has 3 rings (SSSR count). The molecule has 0 aliphatic carbocycles. The maximum absolute atomic E-state index is 13.5. The van der Waals surface area contributed by atoms with Gasteiger partial charge in [-0.1, -0.05) is 19.0 Å². The number of urea groups is 1. The Hall–Kier alpha value is -2.61. The second-order valence-corrected chi connectivity index (χ2v) is 8.22. The first kappa shape index (κ1) is 22.1. The highest BCUT2D eigenvalue weighted by Crippen LogP contribution is 2.33. The van der Waals surface area contributed by atoms with Crippen molar-refractivity contribution in [3.8, 4) is 11.3 Å². The maximum atomic E-state index is 13.5. The molecular weight excluding hydrogens is 385 g/mol. The molecule has 0 unspecified atom stereocenters. The minimum absolute atomic E-state index is 0.109. The molecule has 1 fully saturated rings. The van der Waals surface area contributed by atoms with Gasteiger partial charge < -0.3 is 24.5 Å². The molecule has 7 nitrogen and oxygen atoms in total. The monoisotopic (exact) mass is 417 g/mol. The number of anilines is 1. The van der Waals surface area contributed by atoms with E-state index in [2.05, 4.69) is 41.2 Å². The van der Waals surface area contributed by atoms with Gasteiger partial charge in [0.1, 0.15) is 11.5 Å². The summed E-state index contributed by atoms with van der Waals surface area (Å²) in [5, 5.41) is 7.24. The number of likely N-dealkylation sites (N-methyl/N-ethyl adjacent to an activating group) is 1. The zero-order chi connectivity index (χ0) is 21.7. The first-order valence-electron chi connectivity index (χ1n) is 10.6. The lowest BCUT2D eigenvalue weighted by atomic mass is 10.1. The van der Waals surface area contributed by atoms with Gasteiger partial charge in [-0.25, -0.2) is 9.18 Å². The quantitative estimate of drug-likeness (QED) is 0.748. The summed E-state index contributed by atoms with van der Waals surface area (Å²) in [6.45, 7) is 11.1. The fraction of sp³-hybridized carbons (Fsp3) is 0.545. The number of benzene rings is 1. The molecule has 1 N–H and O–H groups in total. The van der Waals surface area contributed by atoms with Gasteiger partial charge in [-0.05, 0) is 44.2 Å². The highest BCUT2D eigenvalue weighted by Gasteiger charge is 2.28. The Morgan fingerprint density at radius 1 is 1.23 bits per heavy atom. The number of hydrogen-bond acceptors (Lipinski definition) is 5. The number of aromatic nitrogens is 1. The lowest BCUT2D eigenvalue weighted by molar-refractivity contribution is 0.188. The molecule has 8 heteroatoms. The van der Waals surface area contributed by atoms with E-state index in [4.69, 9.17) is 4.52 Å². The van der Waals surface area contributed by atoms with Crippen molar-refractivity contribution in [1.29, 1.82) is 0 Å². The van der Waals surface area contributed by atoms with Crippen LogP contribution in [0.5, 0.6) is 0 Å². The van der Waals surface area contributed by atoms with Gasteiger partial charge in [0.2, 0.25) is 5.88 Å². The van der Waals surface area contributed by atoms with Crippen LogP contribution in [-0.4, -0.2) is 67.3 Å². The number of amides is 2. The van der Waals surface area contributed by atoms with E-state index in [1.807, 2.05) is 6.92 Å². The van der Waals surface area contributed by atoms with Crippen LogP contribution in [0.2, 0.25) is 0 Å².